The van der Waals surface area contributed by atoms with Crippen molar-refractivity contribution >= 4 is 11.6 Å². The van der Waals surface area contributed by atoms with Crippen LogP contribution < -0.4 is 4.74 Å². The highest BCUT2D eigenvalue weighted by Gasteiger charge is 2.07. The first-order chi connectivity index (χ1) is 7.70. The van der Waals surface area contributed by atoms with Crippen LogP contribution in [0.25, 0.3) is 11.3 Å². The molecule has 3 nitrogen and oxygen atoms in total. The van der Waals surface area contributed by atoms with Gasteiger partial charge in [-0.05, 0) is 25.1 Å². The van der Waals surface area contributed by atoms with E-state index >= 15 is 0 Å². The lowest BCUT2D eigenvalue weighted by atomic mass is 10.1. The predicted molar refractivity (Wildman–Crippen MR) is 63.8 cm³/mol. The first kappa shape index (κ1) is 10.9. The van der Waals surface area contributed by atoms with Crippen LogP contribution in [-0.4, -0.2) is 17.1 Å². The molecule has 0 saturated heterocycles. The second kappa shape index (κ2) is 4.49. The number of methoxy groups -OCH3 is 1. The Labute approximate surface area is 99.1 Å². The molecule has 1 heterocycles. The zero-order chi connectivity index (χ0) is 11.5. The summed E-state index contributed by atoms with van der Waals surface area (Å²) in [6.45, 7) is 1.90. The van der Waals surface area contributed by atoms with E-state index in [0.717, 1.165) is 17.0 Å². The second-order valence-electron chi connectivity index (χ2n) is 3.39. The Kier molecular flexibility index (Phi) is 3.06. The third-order valence-electron chi connectivity index (χ3n) is 2.22. The van der Waals surface area contributed by atoms with Crippen molar-refractivity contribution in [3.8, 4) is 17.0 Å². The molecule has 4 heteroatoms. The van der Waals surface area contributed by atoms with Gasteiger partial charge in [0.2, 0.25) is 0 Å². The topological polar surface area (TPSA) is 35.0 Å². The Bertz CT molecular complexity index is 497. The summed E-state index contributed by atoms with van der Waals surface area (Å²) in [5.74, 6) is 0.700. The van der Waals surface area contributed by atoms with Crippen LogP contribution in [0.1, 0.15) is 5.69 Å². The summed E-state index contributed by atoms with van der Waals surface area (Å²) >= 11 is 5.89. The molecule has 1 aromatic carbocycles. The van der Waals surface area contributed by atoms with Gasteiger partial charge in [0.1, 0.15) is 5.75 Å². The van der Waals surface area contributed by atoms with E-state index in [1.165, 1.54) is 0 Å². The summed E-state index contributed by atoms with van der Waals surface area (Å²) in [5.41, 5.74) is 2.55. The molecule has 0 bridgehead atoms. The van der Waals surface area contributed by atoms with Gasteiger partial charge in [0, 0.05) is 16.8 Å². The van der Waals surface area contributed by atoms with Crippen LogP contribution in [0.2, 0.25) is 5.02 Å². The van der Waals surface area contributed by atoms with E-state index < -0.39 is 0 Å². The number of aryl methyl sites for hydroxylation is 1. The highest BCUT2D eigenvalue weighted by atomic mass is 35.5. The summed E-state index contributed by atoms with van der Waals surface area (Å²) < 4.78 is 5.26. The van der Waals surface area contributed by atoms with Crippen LogP contribution in [0.5, 0.6) is 5.75 Å². The van der Waals surface area contributed by atoms with Gasteiger partial charge in [0.05, 0.1) is 24.7 Å². The molecule has 16 heavy (non-hydrogen) atoms. The summed E-state index contributed by atoms with van der Waals surface area (Å²) in [6.07, 6.45) is 3.45. The summed E-state index contributed by atoms with van der Waals surface area (Å²) in [7, 11) is 1.61. The second-order valence-corrected chi connectivity index (χ2v) is 3.82. The Morgan fingerprint density at radius 2 is 2.00 bits per heavy atom. The van der Waals surface area contributed by atoms with E-state index in [1.807, 2.05) is 13.0 Å². The SMILES string of the molecule is COc1cc(Cl)ccc1-c1cnc(C)cn1. The van der Waals surface area contributed by atoms with Gasteiger partial charge in [-0.3, -0.25) is 9.97 Å². The van der Waals surface area contributed by atoms with E-state index in [0.29, 0.717) is 10.8 Å². The molecule has 0 radical (unpaired) electrons. The summed E-state index contributed by atoms with van der Waals surface area (Å²) in [5, 5.41) is 0.640. The van der Waals surface area contributed by atoms with E-state index in [-0.39, 0.29) is 0 Å². The zero-order valence-corrected chi connectivity index (χ0v) is 9.82. The smallest absolute Gasteiger partial charge is 0.129 e. The number of hydrogen-bond acceptors (Lipinski definition) is 3. The molecule has 0 aliphatic rings. The lowest BCUT2D eigenvalue weighted by molar-refractivity contribution is 0.416. The van der Waals surface area contributed by atoms with E-state index in [9.17, 15) is 0 Å². The van der Waals surface area contributed by atoms with Crippen molar-refractivity contribution in [1.29, 1.82) is 0 Å². The average molecular weight is 235 g/mol. The first-order valence-corrected chi connectivity index (χ1v) is 5.21. The fourth-order valence-electron chi connectivity index (χ4n) is 1.41. The molecule has 0 fully saturated rings. The van der Waals surface area contributed by atoms with Gasteiger partial charge >= 0.3 is 0 Å². The van der Waals surface area contributed by atoms with Crippen LogP contribution >= 0.6 is 11.6 Å². The van der Waals surface area contributed by atoms with Crippen molar-refractivity contribution in [2.75, 3.05) is 7.11 Å². The lowest BCUT2D eigenvalue weighted by Crippen LogP contribution is -1.92. The quantitative estimate of drug-likeness (QED) is 0.801. The minimum Gasteiger partial charge on any atom is -0.496 e. The lowest BCUT2D eigenvalue weighted by Gasteiger charge is -2.07. The van der Waals surface area contributed by atoms with Crippen LogP contribution in [0.3, 0.4) is 0 Å². The highest BCUT2D eigenvalue weighted by molar-refractivity contribution is 6.30. The molecular weight excluding hydrogens is 224 g/mol. The molecule has 0 N–H and O–H groups in total. The number of halogens is 1. The van der Waals surface area contributed by atoms with Gasteiger partial charge < -0.3 is 4.74 Å². The van der Waals surface area contributed by atoms with Crippen molar-refractivity contribution in [2.45, 2.75) is 6.92 Å². The normalized spacial score (nSPS) is 10.2. The number of rotatable bonds is 2. The van der Waals surface area contributed by atoms with E-state index in [2.05, 4.69) is 9.97 Å². The molecule has 82 valence electrons. The first-order valence-electron chi connectivity index (χ1n) is 4.83. The summed E-state index contributed by atoms with van der Waals surface area (Å²) in [4.78, 5) is 8.50. The molecule has 2 aromatic rings. The average Bonchev–Trinajstić information content (AvgIpc) is 2.30. The van der Waals surface area contributed by atoms with Gasteiger partial charge in [-0.25, -0.2) is 0 Å². The maximum atomic E-state index is 5.89. The highest BCUT2D eigenvalue weighted by Crippen LogP contribution is 2.30. The van der Waals surface area contributed by atoms with Crippen molar-refractivity contribution in [3.63, 3.8) is 0 Å². The van der Waals surface area contributed by atoms with Crippen molar-refractivity contribution in [3.05, 3.63) is 41.3 Å². The maximum absolute atomic E-state index is 5.89. The van der Waals surface area contributed by atoms with Gasteiger partial charge in [0.25, 0.3) is 0 Å². The fraction of sp³-hybridized carbons (Fsp3) is 0.167. The maximum Gasteiger partial charge on any atom is 0.129 e. The minimum atomic E-state index is 0.640. The Morgan fingerprint density at radius 1 is 1.19 bits per heavy atom. The number of aromatic nitrogens is 2. The molecule has 0 saturated carbocycles. The van der Waals surface area contributed by atoms with E-state index in [1.54, 1.807) is 31.6 Å². The van der Waals surface area contributed by atoms with Crippen LogP contribution in [-0.2, 0) is 0 Å². The molecular formula is C12H11ClN2O. The van der Waals surface area contributed by atoms with E-state index in [4.69, 9.17) is 16.3 Å². The Hall–Kier alpha value is -1.61. The fourth-order valence-corrected chi connectivity index (χ4v) is 1.57. The number of nitrogens with zero attached hydrogens (tertiary/aromatic N) is 2. The third-order valence-corrected chi connectivity index (χ3v) is 2.46. The number of hydrogen-bond donors (Lipinski definition) is 0. The van der Waals surface area contributed by atoms with Gasteiger partial charge in [-0.2, -0.15) is 0 Å². The van der Waals surface area contributed by atoms with Crippen molar-refractivity contribution in [2.24, 2.45) is 0 Å². The van der Waals surface area contributed by atoms with Crippen LogP contribution in [0.4, 0.5) is 0 Å². The van der Waals surface area contributed by atoms with Gasteiger partial charge in [-0.1, -0.05) is 11.6 Å². The third kappa shape index (κ3) is 2.14. The molecule has 1 aromatic heterocycles. The minimum absolute atomic E-state index is 0.640. The molecule has 0 atom stereocenters. The van der Waals surface area contributed by atoms with Crippen molar-refractivity contribution < 1.29 is 4.74 Å². The molecule has 0 aliphatic carbocycles. The predicted octanol–water partition coefficient (Wildman–Crippen LogP) is 3.11. The zero-order valence-electron chi connectivity index (χ0n) is 9.07. The Morgan fingerprint density at radius 3 is 2.62 bits per heavy atom. The standard InChI is InChI=1S/C12H11ClN2O/c1-8-6-15-11(7-14-8)10-4-3-9(13)5-12(10)16-2/h3-7H,1-2H3. The summed E-state index contributed by atoms with van der Waals surface area (Å²) in [6, 6.07) is 5.44. The molecule has 0 unspecified atom stereocenters. The molecule has 0 spiro atoms. The largest absolute Gasteiger partial charge is 0.496 e. The molecule has 0 aliphatic heterocycles. The number of benzene rings is 1. The monoisotopic (exact) mass is 234 g/mol. The Balaban J connectivity index is 2.51. The van der Waals surface area contributed by atoms with Crippen LogP contribution in [0, 0.1) is 6.92 Å². The van der Waals surface area contributed by atoms with Gasteiger partial charge in [-0.15, -0.1) is 0 Å². The van der Waals surface area contributed by atoms with Gasteiger partial charge in [0.15, 0.2) is 0 Å². The molecule has 2 rings (SSSR count). The number of ether oxygens (including phenoxy) is 1. The van der Waals surface area contributed by atoms with Crippen LogP contribution in [0.15, 0.2) is 30.6 Å². The van der Waals surface area contributed by atoms with Crippen molar-refractivity contribution in [1.82, 2.24) is 9.97 Å². The molecule has 0 amide bonds.